The van der Waals surface area contributed by atoms with Gasteiger partial charge >= 0.3 is 7.12 Å². The van der Waals surface area contributed by atoms with E-state index in [1.54, 1.807) is 6.07 Å². The molecule has 2 nitrogen and oxygen atoms in total. The van der Waals surface area contributed by atoms with Gasteiger partial charge in [-0.25, -0.2) is 0 Å². The van der Waals surface area contributed by atoms with Crippen molar-refractivity contribution in [2.24, 2.45) is 0 Å². The van der Waals surface area contributed by atoms with Gasteiger partial charge in [0.05, 0.1) is 11.2 Å². The Morgan fingerprint density at radius 3 is 2.00 bits per heavy atom. The Balaban J connectivity index is 0.00000128. The summed E-state index contributed by atoms with van der Waals surface area (Å²) in [7, 11) is -0.440. The van der Waals surface area contributed by atoms with Crippen molar-refractivity contribution in [3.8, 4) is 0 Å². The summed E-state index contributed by atoms with van der Waals surface area (Å²) in [5.41, 5.74) is -0.726. The molecule has 5 heteroatoms. The first-order chi connectivity index (χ1) is 6.82. The topological polar surface area (TPSA) is 18.5 Å². The van der Waals surface area contributed by atoms with E-state index in [4.69, 9.17) is 9.31 Å². The maximum atomic E-state index is 12.9. The zero-order chi connectivity index (χ0) is 11.3. The standard InChI is InChI=1S/C10H14BFO2S.CH4/c1-9(2)10(3,4)14-11(13-9)7-5-6-8(12)15-7;/h5-6H,1-4H3;1H4. The molecule has 1 aliphatic rings. The van der Waals surface area contributed by atoms with Crippen LogP contribution in [0, 0.1) is 5.13 Å². The Morgan fingerprint density at radius 2 is 1.62 bits per heavy atom. The van der Waals surface area contributed by atoms with Gasteiger partial charge in [-0.1, -0.05) is 7.43 Å². The summed E-state index contributed by atoms with van der Waals surface area (Å²) < 4.78 is 25.2. The minimum absolute atomic E-state index is 0. The van der Waals surface area contributed by atoms with Crippen molar-refractivity contribution in [2.75, 3.05) is 0 Å². The highest BCUT2D eigenvalue weighted by Crippen LogP contribution is 2.36. The van der Waals surface area contributed by atoms with Gasteiger partial charge in [0, 0.05) is 4.78 Å². The van der Waals surface area contributed by atoms with Crippen molar-refractivity contribution in [1.82, 2.24) is 0 Å². The Morgan fingerprint density at radius 1 is 1.12 bits per heavy atom. The van der Waals surface area contributed by atoms with E-state index in [2.05, 4.69) is 0 Å². The van der Waals surface area contributed by atoms with Gasteiger partial charge in [-0.3, -0.25) is 0 Å². The lowest BCUT2D eigenvalue weighted by Gasteiger charge is -2.32. The lowest BCUT2D eigenvalue weighted by molar-refractivity contribution is 0.00578. The Labute approximate surface area is 101 Å². The van der Waals surface area contributed by atoms with Crippen LogP contribution in [0.1, 0.15) is 35.1 Å². The van der Waals surface area contributed by atoms with E-state index in [0.29, 0.717) is 0 Å². The molecule has 0 radical (unpaired) electrons. The van der Waals surface area contributed by atoms with E-state index < -0.39 is 7.12 Å². The highest BCUT2D eigenvalue weighted by atomic mass is 32.1. The maximum Gasteiger partial charge on any atom is 0.505 e. The molecule has 0 unspecified atom stereocenters. The van der Waals surface area contributed by atoms with Crippen LogP contribution < -0.4 is 4.78 Å². The number of hydrogen-bond donors (Lipinski definition) is 0. The Hall–Kier alpha value is -0.385. The minimum Gasteiger partial charge on any atom is -0.399 e. The molecule has 0 aliphatic carbocycles. The molecule has 1 saturated heterocycles. The second kappa shape index (κ2) is 4.13. The summed E-state index contributed by atoms with van der Waals surface area (Å²) in [6, 6.07) is 3.15. The molecular formula is C11H18BFO2S. The van der Waals surface area contributed by atoms with Crippen LogP contribution in [0.2, 0.25) is 0 Å². The lowest BCUT2D eigenvalue weighted by atomic mass is 9.88. The predicted octanol–water partition coefficient (Wildman–Crippen LogP) is 2.82. The quantitative estimate of drug-likeness (QED) is 0.707. The Kier molecular flexibility index (Phi) is 3.53. The third-order valence-electron chi connectivity index (χ3n) is 3.08. The molecule has 0 saturated carbocycles. The van der Waals surface area contributed by atoms with E-state index in [-0.39, 0.29) is 23.8 Å². The first-order valence-corrected chi connectivity index (χ1v) is 5.74. The summed E-state index contributed by atoms with van der Waals surface area (Å²) in [5.74, 6) is 0. The second-order valence-electron chi connectivity index (χ2n) is 4.73. The van der Waals surface area contributed by atoms with Crippen LogP contribution in [0.3, 0.4) is 0 Å². The smallest absolute Gasteiger partial charge is 0.399 e. The van der Waals surface area contributed by atoms with Crippen molar-refractivity contribution in [3.05, 3.63) is 17.3 Å². The summed E-state index contributed by atoms with van der Waals surface area (Å²) >= 11 is 1.07. The van der Waals surface area contributed by atoms with Gasteiger partial charge in [0.1, 0.15) is 0 Å². The summed E-state index contributed by atoms with van der Waals surface area (Å²) in [6.07, 6.45) is 0. The number of halogens is 1. The van der Waals surface area contributed by atoms with Crippen molar-refractivity contribution in [3.63, 3.8) is 0 Å². The summed E-state index contributed by atoms with van der Waals surface area (Å²) in [4.78, 5) is 0. The SMILES string of the molecule is C.CC1(C)OB(c2ccc(F)s2)OC1(C)C. The molecule has 90 valence electrons. The van der Waals surface area contributed by atoms with E-state index in [1.807, 2.05) is 27.7 Å². The predicted molar refractivity (Wildman–Crippen MR) is 66.7 cm³/mol. The number of thiophene rings is 1. The van der Waals surface area contributed by atoms with Crippen LogP contribution in [0.15, 0.2) is 12.1 Å². The third kappa shape index (κ3) is 2.17. The minimum atomic E-state index is -0.440. The molecule has 0 amide bonds. The summed E-state index contributed by atoms with van der Waals surface area (Å²) in [6.45, 7) is 7.93. The monoisotopic (exact) mass is 244 g/mol. The fraction of sp³-hybridized carbons (Fsp3) is 0.636. The van der Waals surface area contributed by atoms with Crippen molar-refractivity contribution >= 4 is 23.2 Å². The molecule has 0 atom stereocenters. The van der Waals surface area contributed by atoms with Crippen LogP contribution in [-0.2, 0) is 9.31 Å². The van der Waals surface area contributed by atoms with Crippen molar-refractivity contribution < 1.29 is 13.7 Å². The molecular weight excluding hydrogens is 226 g/mol. The van der Waals surface area contributed by atoms with Gasteiger partial charge in [0.2, 0.25) is 0 Å². The highest BCUT2D eigenvalue weighted by molar-refractivity contribution is 7.21. The number of hydrogen-bond acceptors (Lipinski definition) is 3. The first-order valence-electron chi connectivity index (χ1n) is 4.93. The van der Waals surface area contributed by atoms with Gasteiger partial charge in [-0.05, 0) is 39.8 Å². The third-order valence-corrected chi connectivity index (χ3v) is 3.97. The molecule has 0 aromatic carbocycles. The fourth-order valence-electron chi connectivity index (χ4n) is 1.41. The van der Waals surface area contributed by atoms with Crippen molar-refractivity contribution in [2.45, 2.75) is 46.3 Å². The van der Waals surface area contributed by atoms with Crippen LogP contribution in [0.25, 0.3) is 0 Å². The van der Waals surface area contributed by atoms with Crippen LogP contribution in [0.5, 0.6) is 0 Å². The lowest BCUT2D eigenvalue weighted by Crippen LogP contribution is -2.41. The van der Waals surface area contributed by atoms with Gasteiger partial charge in [-0.15, -0.1) is 11.3 Å². The van der Waals surface area contributed by atoms with Crippen LogP contribution >= 0.6 is 11.3 Å². The molecule has 16 heavy (non-hydrogen) atoms. The molecule has 0 N–H and O–H groups in total. The molecule has 2 heterocycles. The largest absolute Gasteiger partial charge is 0.505 e. The highest BCUT2D eigenvalue weighted by Gasteiger charge is 2.52. The maximum absolute atomic E-state index is 12.9. The van der Waals surface area contributed by atoms with E-state index in [9.17, 15) is 4.39 Å². The van der Waals surface area contributed by atoms with Crippen LogP contribution in [-0.4, -0.2) is 18.3 Å². The molecule has 1 aromatic rings. The Bertz CT molecular complexity index is 360. The first kappa shape index (κ1) is 13.7. The zero-order valence-electron chi connectivity index (χ0n) is 9.33. The molecule has 0 bridgehead atoms. The average Bonchev–Trinajstić information content (AvgIpc) is 2.56. The van der Waals surface area contributed by atoms with E-state index in [1.165, 1.54) is 6.07 Å². The van der Waals surface area contributed by atoms with Gasteiger partial charge in [0.15, 0.2) is 5.13 Å². The van der Waals surface area contributed by atoms with Crippen molar-refractivity contribution in [1.29, 1.82) is 0 Å². The van der Waals surface area contributed by atoms with E-state index in [0.717, 1.165) is 16.1 Å². The molecule has 1 aliphatic heterocycles. The molecule has 0 spiro atoms. The average molecular weight is 244 g/mol. The molecule has 2 rings (SSSR count). The van der Waals surface area contributed by atoms with Gasteiger partial charge in [0.25, 0.3) is 0 Å². The molecule has 1 aromatic heterocycles. The zero-order valence-corrected chi connectivity index (χ0v) is 10.2. The normalized spacial score (nSPS) is 21.9. The second-order valence-corrected chi connectivity index (χ2v) is 5.80. The van der Waals surface area contributed by atoms with Gasteiger partial charge in [-0.2, -0.15) is 4.39 Å². The fourth-order valence-corrected chi connectivity index (χ4v) is 2.10. The number of rotatable bonds is 1. The van der Waals surface area contributed by atoms with E-state index >= 15 is 0 Å². The van der Waals surface area contributed by atoms with Crippen LogP contribution in [0.4, 0.5) is 4.39 Å². The van der Waals surface area contributed by atoms with Gasteiger partial charge < -0.3 is 9.31 Å². The molecule has 1 fully saturated rings. The summed E-state index contributed by atoms with van der Waals surface area (Å²) in [5, 5.41) is -0.209.